The first-order valence-electron chi connectivity index (χ1n) is 11.6. The topological polar surface area (TPSA) is 64.8 Å². The van der Waals surface area contributed by atoms with Gasteiger partial charge in [0.15, 0.2) is 1.41 Å². The summed E-state index contributed by atoms with van der Waals surface area (Å²) < 4.78 is 72.2. The van der Waals surface area contributed by atoms with E-state index < -0.39 is 30.0 Å². The van der Waals surface area contributed by atoms with Gasteiger partial charge in [0.25, 0.3) is 0 Å². The van der Waals surface area contributed by atoms with Gasteiger partial charge in [-0.1, -0.05) is 17.6 Å². The average molecular weight is 409 g/mol. The number of aromatic nitrogens is 2. The van der Waals surface area contributed by atoms with Crippen molar-refractivity contribution >= 4 is 39.0 Å². The molecule has 0 amide bonds. The van der Waals surface area contributed by atoms with E-state index in [-0.39, 0.29) is 70.3 Å². The van der Waals surface area contributed by atoms with Gasteiger partial charge in [0.05, 0.1) is 20.8 Å². The van der Waals surface area contributed by atoms with Crippen LogP contribution < -0.4 is 5.31 Å². The van der Waals surface area contributed by atoms with Gasteiger partial charge in [-0.15, -0.1) is 11.3 Å². The number of rotatable bonds is 4. The molecule has 0 radical (unpaired) electrons. The maximum atomic E-state index is 13.9. The lowest BCUT2D eigenvalue weighted by Crippen LogP contribution is -2.38. The Morgan fingerprint density at radius 2 is 2.33 bits per heavy atom. The Balaban J connectivity index is 1.60. The summed E-state index contributed by atoms with van der Waals surface area (Å²) in [6.45, 7) is -0.936. The molecule has 8 heteroatoms. The van der Waals surface area contributed by atoms with Crippen molar-refractivity contribution in [1.82, 2.24) is 14.9 Å². The molecule has 1 aliphatic rings. The highest BCUT2D eigenvalue weighted by Gasteiger charge is 2.21. The lowest BCUT2D eigenvalue weighted by Gasteiger charge is -2.32. The molecule has 27 heavy (non-hydrogen) atoms. The zero-order chi connectivity index (χ0) is 24.9. The first-order chi connectivity index (χ1) is 16.0. The minimum Gasteiger partial charge on any atom is -0.367 e. The third-order valence-corrected chi connectivity index (χ3v) is 5.17. The lowest BCUT2D eigenvalue weighted by molar-refractivity contribution is 0.211. The van der Waals surface area contributed by atoms with E-state index in [1.54, 1.807) is 11.0 Å². The molecule has 1 aromatic carbocycles. The van der Waals surface area contributed by atoms with Crippen LogP contribution in [0.2, 0.25) is 5.75 Å². The van der Waals surface area contributed by atoms with E-state index in [2.05, 4.69) is 9.97 Å². The largest absolute Gasteiger partial charge is 0.367 e. The van der Waals surface area contributed by atoms with Gasteiger partial charge in [-0.3, -0.25) is 4.90 Å². The molecule has 0 spiro atoms. The fourth-order valence-corrected chi connectivity index (χ4v) is 3.72. The normalized spacial score (nSPS) is 21.7. The van der Waals surface area contributed by atoms with E-state index in [1.165, 1.54) is 0 Å². The van der Waals surface area contributed by atoms with Gasteiger partial charge in [-0.25, -0.2) is 14.4 Å². The highest BCUT2D eigenvalue weighted by Crippen LogP contribution is 2.32. The molecule has 1 atom stereocenters. The Kier molecular flexibility index (Phi) is 3.32. The predicted molar refractivity (Wildman–Crippen MR) is 105 cm³/mol. The molecule has 0 aliphatic carbocycles. The standard InChI is InChI=1S/C19H17ClFN5S/c20-17-8-15-18(23-11-24-19(15)27-17)25-14-3-5-26(6-4-14)10-12-1-2-16(21)13(7-12)9-22/h1-2,7-8,11,14H,3-6,10H2,(H,23,24,25)/i1D,7D,8D,10D,11D,14D/hD. The number of anilines is 1. The summed E-state index contributed by atoms with van der Waals surface area (Å²) in [4.78, 5) is 9.81. The summed E-state index contributed by atoms with van der Waals surface area (Å²) in [6, 6.07) is -0.00390. The maximum Gasteiger partial charge on any atom is 0.162 e. The molecule has 1 N–H and O–H groups in total. The third-order valence-electron chi connectivity index (χ3n) is 4.07. The molecule has 1 aliphatic heterocycles. The number of halogens is 2. The summed E-state index contributed by atoms with van der Waals surface area (Å²) in [5.74, 6) is -1.04. The monoisotopic (exact) mass is 408 g/mol. The molecule has 1 fully saturated rings. The van der Waals surface area contributed by atoms with Crippen LogP contribution in [0.4, 0.5) is 10.2 Å². The molecule has 0 saturated carbocycles. The number of hydrogen-bond donors (Lipinski definition) is 1. The Bertz CT molecular complexity index is 1330. The summed E-state index contributed by atoms with van der Waals surface area (Å²) >= 11 is 7.04. The molecule has 2 aromatic heterocycles. The minimum atomic E-state index is -1.50. The zero-order valence-corrected chi connectivity index (χ0v) is 15.5. The van der Waals surface area contributed by atoms with Crippen molar-refractivity contribution in [3.05, 3.63) is 51.8 Å². The van der Waals surface area contributed by atoms with E-state index in [9.17, 15) is 4.39 Å². The van der Waals surface area contributed by atoms with Gasteiger partial charge in [-0.05, 0) is 36.6 Å². The highest BCUT2D eigenvalue weighted by atomic mass is 35.5. The van der Waals surface area contributed by atoms with Gasteiger partial charge in [0.2, 0.25) is 0 Å². The molecular weight excluding hydrogens is 385 g/mol. The quantitative estimate of drug-likeness (QED) is 0.691. The fraction of sp³-hybridized carbons (Fsp3) is 0.316. The van der Waals surface area contributed by atoms with Crippen molar-refractivity contribution in [2.45, 2.75) is 25.4 Å². The second kappa shape index (κ2) is 7.77. The molecular formula is C19H17ClFN5S. The van der Waals surface area contributed by atoms with E-state index in [4.69, 9.17) is 26.5 Å². The Morgan fingerprint density at radius 1 is 1.52 bits per heavy atom. The van der Waals surface area contributed by atoms with E-state index in [0.717, 1.165) is 22.7 Å². The van der Waals surface area contributed by atoms with Gasteiger partial charge in [0, 0.05) is 27.0 Å². The number of nitrogens with one attached hydrogen (secondary N) is 1. The first kappa shape index (κ1) is 11.5. The van der Waals surface area contributed by atoms with E-state index >= 15 is 0 Å². The number of piperidine rings is 1. The zero-order valence-electron chi connectivity index (χ0n) is 20.9. The number of benzene rings is 1. The summed E-state index contributed by atoms with van der Waals surface area (Å²) in [5, 5.41) is 10.2. The van der Waals surface area contributed by atoms with Gasteiger partial charge < -0.3 is 5.31 Å². The lowest BCUT2D eigenvalue weighted by atomic mass is 10.0. The number of thiophene rings is 1. The summed E-state index contributed by atoms with van der Waals surface area (Å²) in [7, 11) is 0. The Labute approximate surface area is 175 Å². The highest BCUT2D eigenvalue weighted by molar-refractivity contribution is 7.22. The van der Waals surface area contributed by atoms with Crippen molar-refractivity contribution in [3.63, 3.8) is 0 Å². The van der Waals surface area contributed by atoms with Crippen molar-refractivity contribution < 1.29 is 14.0 Å². The van der Waals surface area contributed by atoms with Crippen LogP contribution in [0.25, 0.3) is 10.2 Å². The molecule has 0 bridgehead atoms. The van der Waals surface area contributed by atoms with E-state index in [1.807, 2.05) is 0 Å². The van der Waals surface area contributed by atoms with Crippen molar-refractivity contribution in [1.29, 1.82) is 5.26 Å². The van der Waals surface area contributed by atoms with Crippen LogP contribution in [0.1, 0.15) is 32.2 Å². The van der Waals surface area contributed by atoms with Crippen molar-refractivity contribution in [3.8, 4) is 6.07 Å². The molecule has 1 unspecified atom stereocenters. The minimum absolute atomic E-state index is 0.0619. The first-order valence-corrected chi connectivity index (χ1v) is 9.26. The summed E-state index contributed by atoms with van der Waals surface area (Å²) in [6.07, 6.45) is -0.216. The SMILES string of the molecule is [2H]c1nc(N([2H])C2([2H])CCN(C([2H])c3c([2H])cc(F)c(C#N)c3[2H])CC2)c2c([2H])c(Cl)sc2n1. The van der Waals surface area contributed by atoms with Gasteiger partial charge in [0.1, 0.15) is 30.2 Å². The smallest absolute Gasteiger partial charge is 0.162 e. The molecule has 5 nitrogen and oxygen atoms in total. The number of nitrogens with zero attached hydrogens (tertiary/aromatic N) is 4. The van der Waals surface area contributed by atoms with Crippen LogP contribution in [0, 0.1) is 17.1 Å². The van der Waals surface area contributed by atoms with Crippen LogP contribution in [0.3, 0.4) is 0 Å². The second-order valence-corrected chi connectivity index (χ2v) is 7.43. The number of hydrogen-bond acceptors (Lipinski definition) is 6. The Hall–Kier alpha value is -2.27. The van der Waals surface area contributed by atoms with Gasteiger partial charge in [-0.2, -0.15) is 5.26 Å². The second-order valence-electron chi connectivity index (χ2n) is 5.83. The molecule has 1 saturated heterocycles. The van der Waals surface area contributed by atoms with Crippen LogP contribution in [0.15, 0.2) is 30.5 Å². The maximum absolute atomic E-state index is 13.9. The number of fused-ring (bicyclic) bond motifs is 1. The van der Waals surface area contributed by atoms with Gasteiger partial charge >= 0.3 is 0 Å². The molecule has 3 heterocycles. The molecule has 4 rings (SSSR count). The van der Waals surface area contributed by atoms with Crippen LogP contribution in [-0.4, -0.2) is 34.0 Å². The predicted octanol–water partition coefficient (Wildman–Crippen LogP) is 4.43. The molecule has 3 aromatic rings. The number of likely N-dealkylation sites (tertiary alicyclic amines) is 1. The van der Waals surface area contributed by atoms with Crippen LogP contribution in [0.5, 0.6) is 0 Å². The van der Waals surface area contributed by atoms with Crippen molar-refractivity contribution in [2.24, 2.45) is 0 Å². The molecule has 138 valence electrons. The summed E-state index contributed by atoms with van der Waals surface area (Å²) in [5.41, 5.74) is -0.617. The third kappa shape index (κ3) is 4.03. The number of nitriles is 1. The van der Waals surface area contributed by atoms with Crippen LogP contribution in [-0.2, 0) is 6.52 Å². The van der Waals surface area contributed by atoms with E-state index in [0.29, 0.717) is 0 Å². The fourth-order valence-electron chi connectivity index (χ4n) is 2.75. The van der Waals surface area contributed by atoms with Crippen LogP contribution >= 0.6 is 22.9 Å². The Morgan fingerprint density at radius 3 is 3.11 bits per heavy atom. The van der Waals surface area contributed by atoms with Crippen molar-refractivity contribution in [2.75, 3.05) is 18.4 Å². The average Bonchev–Trinajstić information content (AvgIpc) is 3.06.